The Morgan fingerprint density at radius 1 is 1.35 bits per heavy atom. The number of aromatic nitrogens is 2. The van der Waals surface area contributed by atoms with E-state index in [1.165, 1.54) is 0 Å². The topological polar surface area (TPSA) is 84.2 Å². The van der Waals surface area contributed by atoms with Gasteiger partial charge in [-0.3, -0.25) is 9.59 Å². The monoisotopic (exact) mass is 275 g/mol. The normalized spacial score (nSPS) is 37.3. The fourth-order valence-corrected chi connectivity index (χ4v) is 3.52. The second-order valence-corrected chi connectivity index (χ2v) is 6.26. The third-order valence-electron chi connectivity index (χ3n) is 4.89. The predicted molar refractivity (Wildman–Crippen MR) is 68.7 cm³/mol. The average Bonchev–Trinajstić information content (AvgIpc) is 3.23. The molecule has 2 heterocycles. The minimum absolute atomic E-state index is 0.0191. The Morgan fingerprint density at radius 2 is 2.20 bits per heavy atom. The second kappa shape index (κ2) is 4.07. The number of hydrogen-bond donors (Lipinski definition) is 2. The van der Waals surface area contributed by atoms with Crippen LogP contribution < -0.4 is 5.32 Å². The van der Waals surface area contributed by atoms with Gasteiger partial charge in [0.25, 0.3) is 0 Å². The molecule has 1 aromatic rings. The number of carbonyl (C=O) groups is 2. The minimum atomic E-state index is -0.687. The number of carbonyl (C=O) groups excluding carboxylic acids is 1. The summed E-state index contributed by atoms with van der Waals surface area (Å²) in [5.74, 6) is 0.873. The summed E-state index contributed by atoms with van der Waals surface area (Å²) in [7, 11) is 0. The third kappa shape index (κ3) is 1.90. The highest BCUT2D eigenvalue weighted by molar-refractivity contribution is 5.80. The van der Waals surface area contributed by atoms with E-state index < -0.39 is 5.97 Å². The van der Waals surface area contributed by atoms with Crippen molar-refractivity contribution in [1.82, 2.24) is 14.9 Å². The first-order valence-corrected chi connectivity index (χ1v) is 7.16. The lowest BCUT2D eigenvalue weighted by atomic mass is 10.1. The van der Waals surface area contributed by atoms with E-state index in [-0.39, 0.29) is 29.7 Å². The summed E-state index contributed by atoms with van der Waals surface area (Å²) in [6, 6.07) is 0.199. The molecule has 5 atom stereocenters. The molecule has 2 N–H and O–H groups in total. The Kier molecular flexibility index (Phi) is 2.43. The Morgan fingerprint density at radius 3 is 2.90 bits per heavy atom. The number of imidazole rings is 1. The van der Waals surface area contributed by atoms with Crippen molar-refractivity contribution in [2.75, 3.05) is 0 Å². The standard InChI is InChI=1S/C14H17N3O3/c18-13(7-3-12-15-1-2-17(12)6-7)16-11-5-9(11)8-4-10(8)14(19)20/h1-2,7-11H,3-6H2,(H,16,18)(H,19,20)/t7?,8-,9+,10-,11+/m1/s1. The molecule has 1 amide bonds. The zero-order chi connectivity index (χ0) is 13.9. The molecule has 1 aliphatic heterocycles. The smallest absolute Gasteiger partial charge is 0.306 e. The zero-order valence-corrected chi connectivity index (χ0v) is 11.0. The van der Waals surface area contributed by atoms with Crippen LogP contribution in [0.15, 0.2) is 12.4 Å². The van der Waals surface area contributed by atoms with E-state index in [1.807, 2.05) is 10.8 Å². The van der Waals surface area contributed by atoms with Crippen molar-refractivity contribution in [2.24, 2.45) is 23.7 Å². The van der Waals surface area contributed by atoms with Gasteiger partial charge in [-0.1, -0.05) is 0 Å². The molecule has 2 aliphatic carbocycles. The maximum Gasteiger partial charge on any atom is 0.306 e. The van der Waals surface area contributed by atoms with E-state index in [0.717, 1.165) is 18.7 Å². The first-order valence-electron chi connectivity index (χ1n) is 7.16. The Hall–Kier alpha value is -1.85. The Bertz CT molecular complexity index is 561. The third-order valence-corrected chi connectivity index (χ3v) is 4.89. The summed E-state index contributed by atoms with van der Waals surface area (Å²) in [5.41, 5.74) is 0. The fraction of sp³-hybridized carbons (Fsp3) is 0.643. The van der Waals surface area contributed by atoms with Gasteiger partial charge < -0.3 is 15.0 Å². The molecule has 1 aromatic heterocycles. The SMILES string of the molecule is O=C(N[C@H]1C[C@H]1[C@H]1C[C@H]1C(=O)O)C1Cc2nccn2C1. The second-order valence-electron chi connectivity index (χ2n) is 6.26. The number of hydrogen-bond acceptors (Lipinski definition) is 3. The van der Waals surface area contributed by atoms with E-state index in [4.69, 9.17) is 5.11 Å². The van der Waals surface area contributed by atoms with Crippen LogP contribution in [0.4, 0.5) is 0 Å². The number of carboxylic acid groups (broad SMARTS) is 1. The molecule has 6 heteroatoms. The first kappa shape index (κ1) is 11.9. The van der Waals surface area contributed by atoms with Crippen molar-refractivity contribution in [3.05, 3.63) is 18.2 Å². The van der Waals surface area contributed by atoms with Crippen LogP contribution in [0.3, 0.4) is 0 Å². The van der Waals surface area contributed by atoms with Crippen molar-refractivity contribution in [2.45, 2.75) is 31.8 Å². The van der Waals surface area contributed by atoms with Gasteiger partial charge in [0.2, 0.25) is 5.91 Å². The summed E-state index contributed by atoms with van der Waals surface area (Å²) >= 11 is 0. The van der Waals surface area contributed by atoms with Crippen molar-refractivity contribution >= 4 is 11.9 Å². The molecule has 1 unspecified atom stereocenters. The van der Waals surface area contributed by atoms with Gasteiger partial charge in [0, 0.05) is 31.4 Å². The van der Waals surface area contributed by atoms with Gasteiger partial charge in [-0.05, 0) is 24.7 Å². The van der Waals surface area contributed by atoms with Crippen LogP contribution in [-0.4, -0.2) is 32.6 Å². The molecule has 0 spiro atoms. The molecule has 3 aliphatic rings. The molecule has 4 rings (SSSR count). The van der Waals surface area contributed by atoms with Gasteiger partial charge >= 0.3 is 5.97 Å². The van der Waals surface area contributed by atoms with Crippen molar-refractivity contribution in [3.63, 3.8) is 0 Å². The molecule has 0 bridgehead atoms. The molecule has 0 radical (unpaired) electrons. The lowest BCUT2D eigenvalue weighted by molar-refractivity contribution is -0.138. The first-order chi connectivity index (χ1) is 9.63. The summed E-state index contributed by atoms with van der Waals surface area (Å²) in [6.07, 6.45) is 6.10. The largest absolute Gasteiger partial charge is 0.481 e. The molecule has 0 aromatic carbocycles. The van der Waals surface area contributed by atoms with Crippen molar-refractivity contribution in [1.29, 1.82) is 0 Å². The van der Waals surface area contributed by atoms with Crippen LogP contribution in [0, 0.1) is 23.7 Å². The minimum Gasteiger partial charge on any atom is -0.481 e. The number of nitrogens with one attached hydrogen (secondary N) is 1. The molecule has 6 nitrogen and oxygen atoms in total. The maximum absolute atomic E-state index is 12.2. The molecule has 2 fully saturated rings. The van der Waals surface area contributed by atoms with E-state index >= 15 is 0 Å². The van der Waals surface area contributed by atoms with E-state index in [1.54, 1.807) is 6.20 Å². The highest BCUT2D eigenvalue weighted by Crippen LogP contribution is 2.54. The summed E-state index contributed by atoms with van der Waals surface area (Å²) in [5, 5.41) is 12.0. The van der Waals surface area contributed by atoms with Crippen molar-refractivity contribution in [3.8, 4) is 0 Å². The molecular formula is C14H17N3O3. The number of amides is 1. The maximum atomic E-state index is 12.2. The van der Waals surface area contributed by atoms with Crippen LogP contribution in [0.25, 0.3) is 0 Å². The average molecular weight is 275 g/mol. The van der Waals surface area contributed by atoms with E-state index in [9.17, 15) is 9.59 Å². The molecule has 20 heavy (non-hydrogen) atoms. The Labute approximate surface area is 116 Å². The van der Waals surface area contributed by atoms with Crippen LogP contribution >= 0.6 is 0 Å². The quantitative estimate of drug-likeness (QED) is 0.826. The number of nitrogens with zero attached hydrogens (tertiary/aromatic N) is 2. The summed E-state index contributed by atoms with van der Waals surface area (Å²) < 4.78 is 2.02. The fourth-order valence-electron chi connectivity index (χ4n) is 3.52. The van der Waals surface area contributed by atoms with Gasteiger partial charge in [0.1, 0.15) is 5.82 Å². The van der Waals surface area contributed by atoms with Crippen LogP contribution in [0.2, 0.25) is 0 Å². The van der Waals surface area contributed by atoms with Gasteiger partial charge in [0.15, 0.2) is 0 Å². The van der Waals surface area contributed by atoms with Gasteiger partial charge in [-0.15, -0.1) is 0 Å². The van der Waals surface area contributed by atoms with Gasteiger partial charge in [-0.25, -0.2) is 4.98 Å². The van der Waals surface area contributed by atoms with Crippen molar-refractivity contribution < 1.29 is 14.7 Å². The number of aliphatic carboxylic acids is 1. The van der Waals surface area contributed by atoms with Crippen LogP contribution in [0.1, 0.15) is 18.7 Å². The van der Waals surface area contributed by atoms with E-state index in [2.05, 4.69) is 10.3 Å². The molecule has 0 saturated heterocycles. The van der Waals surface area contributed by atoms with Gasteiger partial charge in [0.05, 0.1) is 11.8 Å². The summed E-state index contributed by atoms with van der Waals surface area (Å²) in [4.78, 5) is 27.3. The number of rotatable bonds is 4. The number of fused-ring (bicyclic) bond motifs is 1. The van der Waals surface area contributed by atoms with Gasteiger partial charge in [-0.2, -0.15) is 0 Å². The predicted octanol–water partition coefficient (Wildman–Crippen LogP) is 0.281. The lowest BCUT2D eigenvalue weighted by Crippen LogP contribution is -2.34. The molecule has 106 valence electrons. The molecular weight excluding hydrogens is 258 g/mol. The Balaban J connectivity index is 1.28. The van der Waals surface area contributed by atoms with Crippen LogP contribution in [-0.2, 0) is 22.6 Å². The van der Waals surface area contributed by atoms with E-state index in [0.29, 0.717) is 18.9 Å². The summed E-state index contributed by atoms with van der Waals surface area (Å²) in [6.45, 7) is 0.708. The van der Waals surface area contributed by atoms with Crippen LogP contribution in [0.5, 0.6) is 0 Å². The highest BCUT2D eigenvalue weighted by atomic mass is 16.4. The molecule has 2 saturated carbocycles. The number of carboxylic acids is 1. The zero-order valence-electron chi connectivity index (χ0n) is 11.0. The lowest BCUT2D eigenvalue weighted by Gasteiger charge is -2.10. The highest BCUT2D eigenvalue weighted by Gasteiger charge is 2.57.